The molecule has 0 unspecified atom stereocenters. The summed E-state index contributed by atoms with van der Waals surface area (Å²) in [5.41, 5.74) is -0.582. The van der Waals surface area contributed by atoms with Crippen LogP contribution in [0.3, 0.4) is 0 Å². The zero-order chi connectivity index (χ0) is 13.2. The molecule has 0 aromatic carbocycles. The van der Waals surface area contributed by atoms with Crippen LogP contribution in [-0.2, 0) is 9.53 Å². The van der Waals surface area contributed by atoms with Crippen LogP contribution < -0.4 is 5.32 Å². The van der Waals surface area contributed by atoms with E-state index in [0.29, 0.717) is 18.1 Å². The second-order valence-electron chi connectivity index (χ2n) is 4.20. The first-order valence-corrected chi connectivity index (χ1v) is 5.95. The largest absolute Gasteiger partial charge is 0.480 e. The molecule has 1 aliphatic heterocycles. The number of anilines is 1. The summed E-state index contributed by atoms with van der Waals surface area (Å²) in [4.78, 5) is 23.6. The van der Waals surface area contributed by atoms with Crippen LogP contribution in [0.25, 0.3) is 0 Å². The lowest BCUT2D eigenvalue weighted by Gasteiger charge is -2.46. The maximum absolute atomic E-state index is 11.7. The molecule has 1 aliphatic rings. The zero-order valence-electron chi connectivity index (χ0n) is 9.62. The third-order valence-corrected chi connectivity index (χ3v) is 3.05. The van der Waals surface area contributed by atoms with E-state index in [4.69, 9.17) is 9.84 Å². The molecular formula is C9H12N4O4S. The molecular weight excluding hydrogens is 260 g/mol. The molecule has 0 spiro atoms. The first-order valence-electron chi connectivity index (χ1n) is 5.17. The quantitative estimate of drug-likeness (QED) is 0.813. The number of nitrogens with one attached hydrogen (secondary N) is 1. The number of aromatic nitrogens is 2. The van der Waals surface area contributed by atoms with Crippen molar-refractivity contribution >= 4 is 28.5 Å². The first-order chi connectivity index (χ1) is 8.48. The lowest BCUT2D eigenvalue weighted by Crippen LogP contribution is -2.64. The van der Waals surface area contributed by atoms with Gasteiger partial charge >= 0.3 is 12.0 Å². The number of carboxylic acid groups (broad SMARTS) is 1. The summed E-state index contributed by atoms with van der Waals surface area (Å²) in [6.45, 7) is 2.13. The minimum Gasteiger partial charge on any atom is -0.480 e. The molecule has 8 nitrogen and oxygen atoms in total. The Morgan fingerprint density at radius 1 is 1.67 bits per heavy atom. The van der Waals surface area contributed by atoms with Gasteiger partial charge in [-0.15, -0.1) is 5.10 Å². The summed E-state index contributed by atoms with van der Waals surface area (Å²) in [5.74, 6) is -1.02. The number of urea groups is 1. The average Bonchev–Trinajstić information content (AvgIpc) is 2.75. The molecule has 1 saturated heterocycles. The molecule has 18 heavy (non-hydrogen) atoms. The number of likely N-dealkylation sites (tertiary alicyclic amines) is 1. The van der Waals surface area contributed by atoms with E-state index in [1.54, 1.807) is 6.92 Å². The van der Waals surface area contributed by atoms with Gasteiger partial charge in [0, 0.05) is 11.5 Å². The van der Waals surface area contributed by atoms with Gasteiger partial charge in [-0.25, -0.2) is 9.59 Å². The van der Waals surface area contributed by atoms with Crippen molar-refractivity contribution in [1.29, 1.82) is 0 Å². The summed E-state index contributed by atoms with van der Waals surface area (Å²) in [6.07, 6.45) is 1.46. The molecule has 1 aromatic heterocycles. The van der Waals surface area contributed by atoms with Crippen molar-refractivity contribution in [2.24, 2.45) is 0 Å². The van der Waals surface area contributed by atoms with Crippen LogP contribution in [0.2, 0.25) is 0 Å². The molecule has 98 valence electrons. The number of amides is 2. The smallest absolute Gasteiger partial charge is 0.329 e. The molecule has 2 amide bonds. The molecule has 9 heteroatoms. The number of hydrogen-bond acceptors (Lipinski definition) is 6. The standard InChI is InChI=1S/C9H12N4O4S/c1-9(17-3-7(14)15)4-13(5-9)8(16)11-6-2-10-12-18-6/h2H,3-5H2,1H3,(H,11,16)(H,14,15). The molecule has 0 bridgehead atoms. The number of carbonyl (C=O) groups excluding carboxylic acids is 1. The summed E-state index contributed by atoms with van der Waals surface area (Å²) in [7, 11) is 0. The van der Waals surface area contributed by atoms with Crippen molar-refractivity contribution in [2.45, 2.75) is 12.5 Å². The second kappa shape index (κ2) is 4.86. The van der Waals surface area contributed by atoms with Crippen molar-refractivity contribution in [3.8, 4) is 0 Å². The maximum atomic E-state index is 11.7. The Balaban J connectivity index is 1.77. The van der Waals surface area contributed by atoms with Crippen LogP contribution >= 0.6 is 11.5 Å². The van der Waals surface area contributed by atoms with E-state index < -0.39 is 11.6 Å². The van der Waals surface area contributed by atoms with E-state index in [-0.39, 0.29) is 12.6 Å². The van der Waals surface area contributed by atoms with Crippen LogP contribution in [0.5, 0.6) is 0 Å². The molecule has 0 saturated carbocycles. The minimum absolute atomic E-state index is 0.266. The number of rotatable bonds is 4. The van der Waals surface area contributed by atoms with E-state index in [1.807, 2.05) is 0 Å². The van der Waals surface area contributed by atoms with Gasteiger partial charge in [0.2, 0.25) is 0 Å². The third kappa shape index (κ3) is 2.93. The Hall–Kier alpha value is -1.74. The molecule has 0 radical (unpaired) electrons. The number of carboxylic acids is 1. The van der Waals surface area contributed by atoms with Crippen molar-refractivity contribution < 1.29 is 19.4 Å². The number of carbonyl (C=O) groups is 2. The molecule has 0 atom stereocenters. The van der Waals surface area contributed by atoms with Gasteiger partial charge in [0.25, 0.3) is 0 Å². The van der Waals surface area contributed by atoms with Gasteiger partial charge in [-0.2, -0.15) is 0 Å². The monoisotopic (exact) mass is 272 g/mol. The zero-order valence-corrected chi connectivity index (χ0v) is 10.4. The average molecular weight is 272 g/mol. The summed E-state index contributed by atoms with van der Waals surface area (Å²) < 4.78 is 8.82. The van der Waals surface area contributed by atoms with Crippen LogP contribution in [-0.4, -0.2) is 56.9 Å². The summed E-state index contributed by atoms with van der Waals surface area (Å²) in [5, 5.41) is 15.3. The highest BCUT2D eigenvalue weighted by atomic mass is 32.1. The highest BCUT2D eigenvalue weighted by Gasteiger charge is 2.42. The van der Waals surface area contributed by atoms with E-state index in [9.17, 15) is 9.59 Å². The molecule has 2 rings (SSSR count). The van der Waals surface area contributed by atoms with Gasteiger partial charge < -0.3 is 14.7 Å². The van der Waals surface area contributed by atoms with Crippen LogP contribution in [0.15, 0.2) is 6.20 Å². The predicted molar refractivity (Wildman–Crippen MR) is 62.5 cm³/mol. The maximum Gasteiger partial charge on any atom is 0.329 e. The molecule has 0 aliphatic carbocycles. The number of aliphatic carboxylic acids is 1. The fourth-order valence-electron chi connectivity index (χ4n) is 1.64. The Labute approximate surface area is 107 Å². The summed E-state index contributed by atoms with van der Waals surface area (Å²) >= 11 is 1.09. The first kappa shape index (κ1) is 12.7. The lowest BCUT2D eigenvalue weighted by molar-refractivity contribution is -0.159. The summed E-state index contributed by atoms with van der Waals surface area (Å²) in [6, 6.07) is -0.266. The Morgan fingerprint density at radius 3 is 2.94 bits per heavy atom. The molecule has 1 aromatic rings. The molecule has 2 heterocycles. The van der Waals surface area contributed by atoms with Gasteiger partial charge in [0.1, 0.15) is 17.2 Å². The van der Waals surface area contributed by atoms with Gasteiger partial charge in [0.15, 0.2) is 0 Å². The Morgan fingerprint density at radius 2 is 2.39 bits per heavy atom. The molecule has 1 fully saturated rings. The predicted octanol–water partition coefficient (Wildman–Crippen LogP) is 0.245. The van der Waals surface area contributed by atoms with E-state index in [1.165, 1.54) is 11.1 Å². The lowest BCUT2D eigenvalue weighted by atomic mass is 9.97. The van der Waals surface area contributed by atoms with Gasteiger partial charge in [-0.3, -0.25) is 5.32 Å². The van der Waals surface area contributed by atoms with Crippen LogP contribution in [0, 0.1) is 0 Å². The number of nitrogens with zero attached hydrogens (tertiary/aromatic N) is 3. The molecule has 2 N–H and O–H groups in total. The fraction of sp³-hybridized carbons (Fsp3) is 0.556. The number of ether oxygens (including phenoxy) is 1. The highest BCUT2D eigenvalue weighted by molar-refractivity contribution is 7.10. The SMILES string of the molecule is CC1(OCC(=O)O)CN(C(=O)Nc2cnns2)C1. The van der Waals surface area contributed by atoms with E-state index in [2.05, 4.69) is 14.9 Å². The minimum atomic E-state index is -1.02. The number of hydrogen-bond donors (Lipinski definition) is 2. The van der Waals surface area contributed by atoms with E-state index in [0.717, 1.165) is 11.5 Å². The van der Waals surface area contributed by atoms with Gasteiger partial charge in [-0.1, -0.05) is 4.49 Å². The van der Waals surface area contributed by atoms with Crippen LogP contribution in [0.4, 0.5) is 9.80 Å². The van der Waals surface area contributed by atoms with Crippen molar-refractivity contribution in [3.05, 3.63) is 6.20 Å². The normalized spacial score (nSPS) is 17.1. The van der Waals surface area contributed by atoms with E-state index >= 15 is 0 Å². The Kier molecular flexibility index (Phi) is 3.43. The van der Waals surface area contributed by atoms with Crippen molar-refractivity contribution in [1.82, 2.24) is 14.5 Å². The van der Waals surface area contributed by atoms with Gasteiger partial charge in [-0.05, 0) is 6.92 Å². The van der Waals surface area contributed by atoms with Gasteiger partial charge in [0.05, 0.1) is 19.3 Å². The van der Waals surface area contributed by atoms with Crippen molar-refractivity contribution in [2.75, 3.05) is 25.0 Å². The Bertz CT molecular complexity index is 443. The topological polar surface area (TPSA) is 105 Å². The second-order valence-corrected chi connectivity index (χ2v) is 4.99. The van der Waals surface area contributed by atoms with Crippen molar-refractivity contribution in [3.63, 3.8) is 0 Å². The third-order valence-electron chi connectivity index (χ3n) is 2.47. The highest BCUT2D eigenvalue weighted by Crippen LogP contribution is 2.25. The van der Waals surface area contributed by atoms with Crippen LogP contribution in [0.1, 0.15) is 6.92 Å². The fourth-order valence-corrected chi connectivity index (χ4v) is 2.05.